The van der Waals surface area contributed by atoms with Crippen molar-refractivity contribution in [3.05, 3.63) is 29.0 Å². The summed E-state index contributed by atoms with van der Waals surface area (Å²) in [7, 11) is 0. The third-order valence-electron chi connectivity index (χ3n) is 2.41. The largest absolute Gasteiger partial charge is 0.481 e. The second-order valence-electron chi connectivity index (χ2n) is 3.61. The Bertz CT molecular complexity index is 502. The fraction of sp³-hybridized carbons (Fsp3) is 0.333. The van der Waals surface area contributed by atoms with Crippen LogP contribution < -0.4 is 0 Å². The highest BCUT2D eigenvalue weighted by molar-refractivity contribution is 7.15. The maximum Gasteiger partial charge on any atom is 0.303 e. The van der Waals surface area contributed by atoms with Crippen molar-refractivity contribution in [2.24, 2.45) is 0 Å². The molecule has 0 aliphatic carbocycles. The lowest BCUT2D eigenvalue weighted by Gasteiger charge is -1.95. The number of rotatable bonds is 5. The lowest BCUT2D eigenvalue weighted by Crippen LogP contribution is -1.98. The molecular formula is C12H13NO3S. The summed E-state index contributed by atoms with van der Waals surface area (Å²) in [6.07, 6.45) is 3.11. The van der Waals surface area contributed by atoms with E-state index in [4.69, 9.17) is 9.52 Å². The van der Waals surface area contributed by atoms with E-state index in [1.807, 2.05) is 19.1 Å². The van der Waals surface area contributed by atoms with E-state index in [2.05, 4.69) is 4.98 Å². The number of carbonyl (C=O) groups is 1. The van der Waals surface area contributed by atoms with E-state index in [1.54, 1.807) is 6.26 Å². The Hall–Kier alpha value is -1.62. The van der Waals surface area contributed by atoms with E-state index in [0.29, 0.717) is 6.42 Å². The molecule has 5 heteroatoms. The van der Waals surface area contributed by atoms with Crippen molar-refractivity contribution in [3.63, 3.8) is 0 Å². The Labute approximate surface area is 103 Å². The second kappa shape index (κ2) is 5.14. The first-order valence-corrected chi connectivity index (χ1v) is 6.26. The van der Waals surface area contributed by atoms with Crippen LogP contribution in [0.3, 0.4) is 0 Å². The van der Waals surface area contributed by atoms with Gasteiger partial charge in [-0.15, -0.1) is 11.3 Å². The predicted octanol–water partition coefficient (Wildman–Crippen LogP) is 2.98. The molecule has 0 atom stereocenters. The minimum Gasteiger partial charge on any atom is -0.481 e. The van der Waals surface area contributed by atoms with Crippen molar-refractivity contribution in [1.82, 2.24) is 4.98 Å². The van der Waals surface area contributed by atoms with Gasteiger partial charge in [0.1, 0.15) is 0 Å². The van der Waals surface area contributed by atoms with Gasteiger partial charge in [-0.05, 0) is 25.0 Å². The zero-order valence-electron chi connectivity index (χ0n) is 9.47. The Morgan fingerprint density at radius 1 is 1.59 bits per heavy atom. The number of hydrogen-bond donors (Lipinski definition) is 1. The molecule has 2 heterocycles. The minimum atomic E-state index is -0.778. The molecule has 0 fully saturated rings. The van der Waals surface area contributed by atoms with E-state index in [-0.39, 0.29) is 6.42 Å². The van der Waals surface area contributed by atoms with Crippen LogP contribution in [-0.2, 0) is 17.6 Å². The second-order valence-corrected chi connectivity index (χ2v) is 4.70. The van der Waals surface area contributed by atoms with Gasteiger partial charge in [0.25, 0.3) is 0 Å². The van der Waals surface area contributed by atoms with Crippen LogP contribution in [-0.4, -0.2) is 16.1 Å². The van der Waals surface area contributed by atoms with Crippen LogP contribution in [0.25, 0.3) is 10.8 Å². The zero-order valence-corrected chi connectivity index (χ0v) is 10.3. The van der Waals surface area contributed by atoms with Crippen LogP contribution in [0.2, 0.25) is 0 Å². The number of hydrogen-bond acceptors (Lipinski definition) is 4. The molecule has 90 valence electrons. The molecule has 0 saturated heterocycles. The van der Waals surface area contributed by atoms with Crippen molar-refractivity contribution in [3.8, 4) is 10.8 Å². The van der Waals surface area contributed by atoms with Crippen LogP contribution in [0.1, 0.15) is 23.9 Å². The number of furan rings is 1. The fourth-order valence-electron chi connectivity index (χ4n) is 1.58. The molecule has 0 unspecified atom stereocenters. The molecule has 0 aromatic carbocycles. The quantitative estimate of drug-likeness (QED) is 0.887. The van der Waals surface area contributed by atoms with E-state index in [0.717, 1.165) is 27.8 Å². The normalized spacial score (nSPS) is 10.6. The maximum absolute atomic E-state index is 10.6. The summed E-state index contributed by atoms with van der Waals surface area (Å²) in [6, 6.07) is 3.68. The van der Waals surface area contributed by atoms with Gasteiger partial charge in [0.05, 0.1) is 18.4 Å². The molecule has 0 saturated carbocycles. The molecule has 1 N–H and O–H groups in total. The van der Waals surface area contributed by atoms with Gasteiger partial charge in [0.15, 0.2) is 10.8 Å². The van der Waals surface area contributed by atoms with Crippen molar-refractivity contribution < 1.29 is 14.3 Å². The van der Waals surface area contributed by atoms with Gasteiger partial charge in [-0.1, -0.05) is 6.92 Å². The number of aryl methyl sites for hydroxylation is 2. The molecule has 2 aromatic heterocycles. The highest BCUT2D eigenvalue weighted by Gasteiger charge is 2.13. The lowest BCUT2D eigenvalue weighted by atomic mass is 10.2. The monoisotopic (exact) mass is 251 g/mol. The summed E-state index contributed by atoms with van der Waals surface area (Å²) in [4.78, 5) is 16.1. The van der Waals surface area contributed by atoms with Crippen LogP contribution in [0.4, 0.5) is 0 Å². The third-order valence-corrected chi connectivity index (χ3v) is 3.58. The van der Waals surface area contributed by atoms with E-state index in [9.17, 15) is 4.79 Å². The summed E-state index contributed by atoms with van der Waals surface area (Å²) < 4.78 is 5.29. The summed E-state index contributed by atoms with van der Waals surface area (Å²) in [5, 5.41) is 9.52. The topological polar surface area (TPSA) is 63.3 Å². The van der Waals surface area contributed by atoms with Crippen molar-refractivity contribution in [1.29, 1.82) is 0 Å². The molecule has 0 bridgehead atoms. The van der Waals surface area contributed by atoms with Gasteiger partial charge >= 0.3 is 5.97 Å². The van der Waals surface area contributed by atoms with Crippen LogP contribution in [0.15, 0.2) is 22.8 Å². The van der Waals surface area contributed by atoms with Crippen molar-refractivity contribution in [2.75, 3.05) is 0 Å². The van der Waals surface area contributed by atoms with Gasteiger partial charge in [0.2, 0.25) is 0 Å². The molecule has 0 amide bonds. The lowest BCUT2D eigenvalue weighted by molar-refractivity contribution is -0.136. The molecule has 0 spiro atoms. The van der Waals surface area contributed by atoms with Gasteiger partial charge in [-0.25, -0.2) is 4.98 Å². The van der Waals surface area contributed by atoms with Gasteiger partial charge < -0.3 is 9.52 Å². The summed E-state index contributed by atoms with van der Waals surface area (Å²) in [5.41, 5.74) is 0.975. The highest BCUT2D eigenvalue weighted by Crippen LogP contribution is 2.29. The molecule has 17 heavy (non-hydrogen) atoms. The number of thiazole rings is 1. The average Bonchev–Trinajstić information content (AvgIpc) is 2.94. The fourth-order valence-corrected chi connectivity index (χ4v) is 2.70. The smallest absolute Gasteiger partial charge is 0.303 e. The molecule has 0 aliphatic rings. The number of carboxylic acid groups (broad SMARTS) is 1. The zero-order chi connectivity index (χ0) is 12.3. The van der Waals surface area contributed by atoms with Crippen LogP contribution >= 0.6 is 11.3 Å². The summed E-state index contributed by atoms with van der Waals surface area (Å²) in [5.74, 6) is -0.0359. The van der Waals surface area contributed by atoms with Crippen LogP contribution in [0, 0.1) is 0 Å². The summed E-state index contributed by atoms with van der Waals surface area (Å²) in [6.45, 7) is 2.02. The highest BCUT2D eigenvalue weighted by atomic mass is 32.1. The number of nitrogens with zero attached hydrogens (tertiary/aromatic N) is 1. The Kier molecular flexibility index (Phi) is 3.58. The summed E-state index contributed by atoms with van der Waals surface area (Å²) >= 11 is 1.52. The molecule has 0 aliphatic heterocycles. The predicted molar refractivity (Wildman–Crippen MR) is 65.2 cm³/mol. The van der Waals surface area contributed by atoms with Crippen molar-refractivity contribution in [2.45, 2.75) is 26.2 Å². The first-order valence-electron chi connectivity index (χ1n) is 5.45. The van der Waals surface area contributed by atoms with Crippen molar-refractivity contribution >= 4 is 17.3 Å². The average molecular weight is 251 g/mol. The SMILES string of the molecule is CCc1nc(-c2ccco2)sc1CCC(=O)O. The van der Waals surface area contributed by atoms with E-state index in [1.165, 1.54) is 11.3 Å². The molecule has 0 radical (unpaired) electrons. The van der Waals surface area contributed by atoms with Gasteiger partial charge in [-0.2, -0.15) is 0 Å². The van der Waals surface area contributed by atoms with Gasteiger partial charge in [-0.3, -0.25) is 4.79 Å². The van der Waals surface area contributed by atoms with E-state index >= 15 is 0 Å². The number of aromatic nitrogens is 1. The van der Waals surface area contributed by atoms with E-state index < -0.39 is 5.97 Å². The molecule has 2 aromatic rings. The third kappa shape index (κ3) is 2.74. The first kappa shape index (κ1) is 11.9. The van der Waals surface area contributed by atoms with Crippen LogP contribution in [0.5, 0.6) is 0 Å². The Morgan fingerprint density at radius 2 is 2.41 bits per heavy atom. The molecule has 4 nitrogen and oxygen atoms in total. The number of carboxylic acids is 1. The molecule has 2 rings (SSSR count). The standard InChI is InChI=1S/C12H13NO3S/c1-2-8-10(5-6-11(14)15)17-12(13-8)9-4-3-7-16-9/h3-4,7H,2,5-6H2,1H3,(H,14,15). The molecular weight excluding hydrogens is 238 g/mol. The number of aliphatic carboxylic acids is 1. The maximum atomic E-state index is 10.6. The Balaban J connectivity index is 2.23. The van der Waals surface area contributed by atoms with Gasteiger partial charge in [0, 0.05) is 4.88 Å². The minimum absolute atomic E-state index is 0.146. The first-order chi connectivity index (χ1) is 8.20. The Morgan fingerprint density at radius 3 is 3.00 bits per heavy atom.